The van der Waals surface area contributed by atoms with Crippen LogP contribution in [0.5, 0.6) is 0 Å². The van der Waals surface area contributed by atoms with Crippen LogP contribution in [0.4, 0.5) is 5.69 Å². The van der Waals surface area contributed by atoms with Crippen molar-refractivity contribution in [3.05, 3.63) is 60.3 Å². The van der Waals surface area contributed by atoms with Crippen molar-refractivity contribution in [1.82, 2.24) is 9.71 Å². The highest BCUT2D eigenvalue weighted by atomic mass is 32.2. The number of aliphatic carboxylic acids is 1. The van der Waals surface area contributed by atoms with Gasteiger partial charge in [-0.1, -0.05) is 18.2 Å². The molecule has 0 saturated heterocycles. The molecular weight excluding hydrogens is 342 g/mol. The van der Waals surface area contributed by atoms with Crippen molar-refractivity contribution < 1.29 is 18.3 Å². The van der Waals surface area contributed by atoms with Gasteiger partial charge in [-0.05, 0) is 35.9 Å². The fourth-order valence-electron chi connectivity index (χ4n) is 2.60. The molecule has 0 aliphatic rings. The number of H-pyrrole nitrogens is 1. The molecule has 130 valence electrons. The topological polar surface area (TPSA) is 125 Å². The number of aromatic amines is 1. The average molecular weight is 359 g/mol. The van der Waals surface area contributed by atoms with E-state index in [9.17, 15) is 18.3 Å². The number of aromatic nitrogens is 1. The fourth-order valence-corrected chi connectivity index (χ4v) is 3.79. The van der Waals surface area contributed by atoms with Crippen molar-refractivity contribution in [3.63, 3.8) is 0 Å². The number of sulfonamides is 1. The van der Waals surface area contributed by atoms with Gasteiger partial charge in [0.2, 0.25) is 10.0 Å². The monoisotopic (exact) mass is 359 g/mol. The Morgan fingerprint density at radius 2 is 1.84 bits per heavy atom. The highest BCUT2D eigenvalue weighted by molar-refractivity contribution is 7.89. The van der Waals surface area contributed by atoms with Crippen LogP contribution in [0.2, 0.25) is 0 Å². The van der Waals surface area contributed by atoms with Gasteiger partial charge in [0.05, 0.1) is 4.90 Å². The largest absolute Gasteiger partial charge is 0.480 e. The van der Waals surface area contributed by atoms with E-state index in [1.54, 1.807) is 6.20 Å². The van der Waals surface area contributed by atoms with Crippen molar-refractivity contribution in [2.75, 3.05) is 5.73 Å². The third kappa shape index (κ3) is 3.65. The summed E-state index contributed by atoms with van der Waals surface area (Å²) in [5, 5.41) is 10.3. The normalized spacial score (nSPS) is 13.0. The summed E-state index contributed by atoms with van der Waals surface area (Å²) in [4.78, 5) is 14.6. The third-order valence-corrected chi connectivity index (χ3v) is 5.37. The molecule has 7 nitrogen and oxygen atoms in total. The summed E-state index contributed by atoms with van der Waals surface area (Å²) in [6.45, 7) is 0. The molecule has 0 amide bonds. The Bertz CT molecular complexity index is 1010. The number of hydrogen-bond acceptors (Lipinski definition) is 4. The summed E-state index contributed by atoms with van der Waals surface area (Å²) in [6.07, 6.45) is 1.71. The standard InChI is InChI=1S/C17H17N3O4S/c18-12-5-7-13(8-6-12)25(23,24)20-16(17(21)22)9-11-10-19-15-4-2-1-3-14(11)15/h1-8,10,16,19-20H,9,18H2,(H,21,22). The molecule has 0 spiro atoms. The van der Waals surface area contributed by atoms with Gasteiger partial charge >= 0.3 is 5.97 Å². The minimum Gasteiger partial charge on any atom is -0.480 e. The molecule has 0 fully saturated rings. The molecule has 3 rings (SSSR count). The van der Waals surface area contributed by atoms with Crippen LogP contribution < -0.4 is 10.5 Å². The second-order valence-corrected chi connectivity index (χ2v) is 7.36. The van der Waals surface area contributed by atoms with E-state index >= 15 is 0 Å². The fraction of sp³-hybridized carbons (Fsp3) is 0.118. The molecule has 0 radical (unpaired) electrons. The number of rotatable bonds is 6. The predicted molar refractivity (Wildman–Crippen MR) is 94.6 cm³/mol. The first kappa shape index (κ1) is 17.0. The van der Waals surface area contributed by atoms with Crippen molar-refractivity contribution >= 4 is 32.6 Å². The zero-order valence-electron chi connectivity index (χ0n) is 13.1. The molecule has 5 N–H and O–H groups in total. The molecular formula is C17H17N3O4S. The van der Waals surface area contributed by atoms with E-state index in [1.165, 1.54) is 24.3 Å². The smallest absolute Gasteiger partial charge is 0.322 e. The van der Waals surface area contributed by atoms with E-state index < -0.39 is 22.0 Å². The van der Waals surface area contributed by atoms with E-state index in [4.69, 9.17) is 5.73 Å². The zero-order valence-corrected chi connectivity index (χ0v) is 14.0. The third-order valence-electron chi connectivity index (χ3n) is 3.88. The van der Waals surface area contributed by atoms with Crippen molar-refractivity contribution in [1.29, 1.82) is 0 Å². The number of nitrogens with one attached hydrogen (secondary N) is 2. The second-order valence-electron chi connectivity index (χ2n) is 5.64. The minimum atomic E-state index is -3.97. The average Bonchev–Trinajstić information content (AvgIpc) is 2.97. The van der Waals surface area contributed by atoms with Gasteiger partial charge in [0.1, 0.15) is 6.04 Å². The Kier molecular flexibility index (Phi) is 4.47. The number of nitrogen functional groups attached to an aromatic ring is 1. The molecule has 0 saturated carbocycles. The van der Waals surface area contributed by atoms with Gasteiger partial charge < -0.3 is 15.8 Å². The SMILES string of the molecule is Nc1ccc(S(=O)(=O)NC(Cc2c[nH]c3ccccc23)C(=O)O)cc1. The Labute approximate surface area is 144 Å². The molecule has 1 aromatic heterocycles. The van der Waals surface area contributed by atoms with Crippen LogP contribution in [0, 0.1) is 0 Å². The quantitative estimate of drug-likeness (QED) is 0.499. The maximum Gasteiger partial charge on any atom is 0.322 e. The van der Waals surface area contributed by atoms with Gasteiger partial charge in [-0.25, -0.2) is 8.42 Å². The summed E-state index contributed by atoms with van der Waals surface area (Å²) >= 11 is 0. The summed E-state index contributed by atoms with van der Waals surface area (Å²) in [7, 11) is -3.97. The van der Waals surface area contributed by atoms with E-state index in [0.29, 0.717) is 5.69 Å². The number of nitrogens with two attached hydrogens (primary N) is 1. The van der Waals surface area contributed by atoms with Crippen LogP contribution >= 0.6 is 0 Å². The lowest BCUT2D eigenvalue weighted by atomic mass is 10.1. The van der Waals surface area contributed by atoms with Crippen molar-refractivity contribution in [3.8, 4) is 0 Å². The molecule has 2 aromatic carbocycles. The Morgan fingerprint density at radius 3 is 2.52 bits per heavy atom. The van der Waals surface area contributed by atoms with Crippen molar-refractivity contribution in [2.45, 2.75) is 17.4 Å². The lowest BCUT2D eigenvalue weighted by Crippen LogP contribution is -2.42. The maximum absolute atomic E-state index is 12.4. The zero-order chi connectivity index (χ0) is 18.0. The van der Waals surface area contributed by atoms with Gasteiger partial charge in [0.25, 0.3) is 0 Å². The molecule has 1 atom stereocenters. The first-order valence-corrected chi connectivity index (χ1v) is 9.01. The minimum absolute atomic E-state index is 0.0214. The van der Waals surface area contributed by atoms with Crippen LogP contribution in [-0.4, -0.2) is 30.5 Å². The van der Waals surface area contributed by atoms with Gasteiger partial charge in [0, 0.05) is 29.2 Å². The summed E-state index contributed by atoms with van der Waals surface area (Å²) in [5.74, 6) is -1.25. The highest BCUT2D eigenvalue weighted by Crippen LogP contribution is 2.20. The lowest BCUT2D eigenvalue weighted by Gasteiger charge is -2.14. The number of carboxylic acids is 1. The molecule has 0 bridgehead atoms. The molecule has 0 aliphatic carbocycles. The second kappa shape index (κ2) is 6.58. The lowest BCUT2D eigenvalue weighted by molar-refractivity contribution is -0.138. The van der Waals surface area contributed by atoms with Gasteiger partial charge in [-0.3, -0.25) is 4.79 Å². The molecule has 1 unspecified atom stereocenters. The Hall–Kier alpha value is -2.84. The molecule has 3 aromatic rings. The number of para-hydroxylation sites is 1. The van der Waals surface area contributed by atoms with Crippen molar-refractivity contribution in [2.24, 2.45) is 0 Å². The highest BCUT2D eigenvalue weighted by Gasteiger charge is 2.26. The summed E-state index contributed by atoms with van der Waals surface area (Å²) in [6, 6.07) is 11.7. The molecule has 25 heavy (non-hydrogen) atoms. The Balaban J connectivity index is 1.86. The first-order chi connectivity index (χ1) is 11.9. The Morgan fingerprint density at radius 1 is 1.16 bits per heavy atom. The summed E-state index contributed by atoms with van der Waals surface area (Å²) in [5.41, 5.74) is 7.56. The van der Waals surface area contributed by atoms with E-state index in [1.807, 2.05) is 24.3 Å². The number of anilines is 1. The van der Waals surface area contributed by atoms with Gasteiger partial charge in [-0.2, -0.15) is 4.72 Å². The van der Waals surface area contributed by atoms with Crippen LogP contribution in [0.25, 0.3) is 10.9 Å². The summed E-state index contributed by atoms with van der Waals surface area (Å²) < 4.78 is 27.1. The van der Waals surface area contributed by atoms with Gasteiger partial charge in [-0.15, -0.1) is 0 Å². The number of benzene rings is 2. The number of hydrogen-bond donors (Lipinski definition) is 4. The maximum atomic E-state index is 12.4. The van der Waals surface area contributed by atoms with Crippen LogP contribution in [-0.2, 0) is 21.2 Å². The predicted octanol–water partition coefficient (Wildman–Crippen LogP) is 1.72. The molecule has 0 aliphatic heterocycles. The van der Waals surface area contributed by atoms with E-state index in [0.717, 1.165) is 16.5 Å². The van der Waals surface area contributed by atoms with E-state index in [-0.39, 0.29) is 11.3 Å². The first-order valence-electron chi connectivity index (χ1n) is 7.52. The van der Waals surface area contributed by atoms with Crippen LogP contribution in [0.3, 0.4) is 0 Å². The molecule has 8 heteroatoms. The van der Waals surface area contributed by atoms with Crippen LogP contribution in [0.15, 0.2) is 59.6 Å². The van der Waals surface area contributed by atoms with E-state index in [2.05, 4.69) is 9.71 Å². The number of fused-ring (bicyclic) bond motifs is 1. The van der Waals surface area contributed by atoms with Crippen LogP contribution in [0.1, 0.15) is 5.56 Å². The van der Waals surface area contributed by atoms with Gasteiger partial charge in [0.15, 0.2) is 0 Å². The molecule has 1 heterocycles. The number of carbonyl (C=O) groups is 1. The number of carboxylic acid groups (broad SMARTS) is 1.